The fourth-order valence-corrected chi connectivity index (χ4v) is 5.51. The van der Waals surface area contributed by atoms with Gasteiger partial charge in [-0.05, 0) is 35.9 Å². The lowest BCUT2D eigenvalue weighted by molar-refractivity contribution is -0.128. The van der Waals surface area contributed by atoms with Crippen molar-refractivity contribution in [3.05, 3.63) is 70.9 Å². The summed E-state index contributed by atoms with van der Waals surface area (Å²) in [6.45, 7) is 1.88. The summed E-state index contributed by atoms with van der Waals surface area (Å²) < 4.78 is 5.88. The minimum absolute atomic E-state index is 0.0341. The number of nitrogens with zero attached hydrogens (tertiary/aromatic N) is 2. The van der Waals surface area contributed by atoms with Crippen LogP contribution >= 0.6 is 35.1 Å². The lowest BCUT2D eigenvalue weighted by Gasteiger charge is -2.17. The number of rotatable bonds is 9. The first kappa shape index (κ1) is 24.4. The van der Waals surface area contributed by atoms with Gasteiger partial charge in [0, 0.05) is 43.6 Å². The van der Waals surface area contributed by atoms with Crippen LogP contribution in [0.25, 0.3) is 10.9 Å². The molecule has 0 aliphatic heterocycles. The molecule has 0 saturated carbocycles. The van der Waals surface area contributed by atoms with E-state index in [1.54, 1.807) is 37.7 Å². The molecule has 0 spiro atoms. The van der Waals surface area contributed by atoms with E-state index in [1.165, 1.54) is 11.8 Å². The number of pyridine rings is 1. The number of carbonyl (C=O) groups is 2. The monoisotopic (exact) mass is 488 g/mol. The second-order valence-corrected chi connectivity index (χ2v) is 10.6. The van der Waals surface area contributed by atoms with Crippen molar-refractivity contribution in [2.24, 2.45) is 0 Å². The maximum atomic E-state index is 11.9. The Hall–Kier alpha value is -2.22. The molecule has 2 aromatic carbocycles. The highest BCUT2D eigenvalue weighted by atomic mass is 35.5. The topological polar surface area (TPSA) is 59.5 Å². The SMILES string of the molecule is CC(=O)SC(SCCC(=O)N(C)C)c1cccc(OCc2ccc3ccc(Cl)cc3n2)c1. The molecule has 1 amide bonds. The van der Waals surface area contributed by atoms with Crippen molar-refractivity contribution in [3.8, 4) is 5.75 Å². The molecular formula is C24H25ClN2O3S2. The standard InChI is InChI=1S/C24H25ClN2O3S2/c1-16(28)32-24(31-12-11-23(29)27(2)3)18-5-4-6-21(13-18)30-15-20-10-8-17-7-9-19(25)14-22(17)26-20/h4-10,13-14,24H,11-12,15H2,1-3H3. The summed E-state index contributed by atoms with van der Waals surface area (Å²) in [7, 11) is 3.49. The van der Waals surface area contributed by atoms with Crippen LogP contribution in [0, 0.1) is 0 Å². The largest absolute Gasteiger partial charge is 0.487 e. The second-order valence-electron chi connectivity index (χ2n) is 7.35. The predicted molar refractivity (Wildman–Crippen MR) is 134 cm³/mol. The Balaban J connectivity index is 1.67. The Morgan fingerprint density at radius 2 is 1.91 bits per heavy atom. The molecule has 1 aromatic heterocycles. The minimum Gasteiger partial charge on any atom is -0.487 e. The molecule has 3 rings (SSSR count). The van der Waals surface area contributed by atoms with E-state index in [-0.39, 0.29) is 15.6 Å². The van der Waals surface area contributed by atoms with Crippen LogP contribution in [-0.2, 0) is 16.2 Å². The Morgan fingerprint density at radius 3 is 2.66 bits per heavy atom. The molecular weight excluding hydrogens is 464 g/mol. The van der Waals surface area contributed by atoms with Crippen molar-refractivity contribution >= 4 is 57.1 Å². The number of amides is 1. The normalized spacial score (nSPS) is 11.9. The zero-order valence-corrected chi connectivity index (χ0v) is 20.6. The highest BCUT2D eigenvalue weighted by Crippen LogP contribution is 2.41. The van der Waals surface area contributed by atoms with Crippen LogP contribution in [0.1, 0.15) is 29.2 Å². The summed E-state index contributed by atoms with van der Waals surface area (Å²) in [6, 6.07) is 17.3. The molecule has 0 aliphatic carbocycles. The van der Waals surface area contributed by atoms with Crippen molar-refractivity contribution in [2.45, 2.75) is 24.5 Å². The summed E-state index contributed by atoms with van der Waals surface area (Å²) in [5.41, 5.74) is 2.61. The molecule has 3 aromatic rings. The molecule has 1 atom stereocenters. The van der Waals surface area contributed by atoms with Crippen LogP contribution in [0.3, 0.4) is 0 Å². The van der Waals surface area contributed by atoms with Gasteiger partial charge in [0.15, 0.2) is 5.12 Å². The molecule has 0 radical (unpaired) electrons. The van der Waals surface area contributed by atoms with E-state index in [0.717, 1.165) is 22.2 Å². The molecule has 5 nitrogen and oxygen atoms in total. The first-order chi connectivity index (χ1) is 15.3. The molecule has 0 bridgehead atoms. The number of ether oxygens (including phenoxy) is 1. The van der Waals surface area contributed by atoms with Crippen molar-refractivity contribution in [1.29, 1.82) is 0 Å². The van der Waals surface area contributed by atoms with Gasteiger partial charge in [0.1, 0.15) is 12.4 Å². The average molecular weight is 489 g/mol. The number of halogens is 1. The maximum Gasteiger partial charge on any atom is 0.222 e. The third-order valence-corrected chi connectivity index (χ3v) is 7.35. The number of thioether (sulfide) groups is 2. The highest BCUT2D eigenvalue weighted by molar-refractivity contribution is 8.24. The summed E-state index contributed by atoms with van der Waals surface area (Å²) in [5.74, 6) is 1.41. The first-order valence-corrected chi connectivity index (χ1v) is 12.4. The Labute approximate surface area is 201 Å². The predicted octanol–water partition coefficient (Wildman–Crippen LogP) is 5.96. The smallest absolute Gasteiger partial charge is 0.222 e. The quantitative estimate of drug-likeness (QED) is 0.346. The van der Waals surface area contributed by atoms with Gasteiger partial charge in [-0.25, -0.2) is 4.98 Å². The van der Waals surface area contributed by atoms with Gasteiger partial charge in [0.2, 0.25) is 5.91 Å². The number of hydrogen-bond donors (Lipinski definition) is 0. The fraction of sp³-hybridized carbons (Fsp3) is 0.292. The van der Waals surface area contributed by atoms with E-state index < -0.39 is 0 Å². The maximum absolute atomic E-state index is 11.9. The third kappa shape index (κ3) is 7.15. The molecule has 168 valence electrons. The number of hydrogen-bond acceptors (Lipinski definition) is 6. The third-order valence-electron chi connectivity index (χ3n) is 4.59. The van der Waals surface area contributed by atoms with Crippen LogP contribution in [0.4, 0.5) is 0 Å². The molecule has 0 aliphatic rings. The van der Waals surface area contributed by atoms with E-state index in [9.17, 15) is 9.59 Å². The van der Waals surface area contributed by atoms with Gasteiger partial charge in [0.05, 0.1) is 15.8 Å². The van der Waals surface area contributed by atoms with Crippen LogP contribution in [-0.4, -0.2) is 40.8 Å². The summed E-state index contributed by atoms with van der Waals surface area (Å²) in [4.78, 5) is 29.8. The lowest BCUT2D eigenvalue weighted by Crippen LogP contribution is -2.21. The van der Waals surface area contributed by atoms with Crippen LogP contribution in [0.2, 0.25) is 5.02 Å². The number of benzene rings is 2. The Kier molecular flexibility index (Phi) is 8.84. The second kappa shape index (κ2) is 11.6. The zero-order chi connectivity index (χ0) is 23.1. The summed E-state index contributed by atoms with van der Waals surface area (Å²) in [6.07, 6.45) is 0.431. The molecule has 1 heterocycles. The average Bonchev–Trinajstić information content (AvgIpc) is 2.76. The zero-order valence-electron chi connectivity index (χ0n) is 18.2. The summed E-state index contributed by atoms with van der Waals surface area (Å²) in [5, 5.41) is 1.70. The first-order valence-electron chi connectivity index (χ1n) is 10.1. The van der Waals surface area contributed by atoms with E-state index in [2.05, 4.69) is 4.98 Å². The van der Waals surface area contributed by atoms with Crippen LogP contribution in [0.15, 0.2) is 54.6 Å². The van der Waals surface area contributed by atoms with Crippen molar-refractivity contribution in [3.63, 3.8) is 0 Å². The van der Waals surface area contributed by atoms with Gasteiger partial charge < -0.3 is 9.64 Å². The Morgan fingerprint density at radius 1 is 1.12 bits per heavy atom. The van der Waals surface area contributed by atoms with Gasteiger partial charge in [-0.3, -0.25) is 9.59 Å². The van der Waals surface area contributed by atoms with E-state index in [4.69, 9.17) is 16.3 Å². The molecule has 1 unspecified atom stereocenters. The van der Waals surface area contributed by atoms with Crippen LogP contribution in [0.5, 0.6) is 5.75 Å². The summed E-state index contributed by atoms with van der Waals surface area (Å²) >= 11 is 8.92. The van der Waals surface area contributed by atoms with Crippen molar-refractivity contribution < 1.29 is 14.3 Å². The molecule has 8 heteroatoms. The number of aromatic nitrogens is 1. The molecule has 32 heavy (non-hydrogen) atoms. The highest BCUT2D eigenvalue weighted by Gasteiger charge is 2.17. The number of carbonyl (C=O) groups excluding carboxylic acids is 2. The van der Waals surface area contributed by atoms with E-state index in [0.29, 0.717) is 29.6 Å². The van der Waals surface area contributed by atoms with Gasteiger partial charge in [-0.1, -0.05) is 47.6 Å². The van der Waals surface area contributed by atoms with Gasteiger partial charge in [-0.2, -0.15) is 0 Å². The van der Waals surface area contributed by atoms with Gasteiger partial charge >= 0.3 is 0 Å². The van der Waals surface area contributed by atoms with Crippen molar-refractivity contribution in [2.75, 3.05) is 19.8 Å². The van der Waals surface area contributed by atoms with Gasteiger partial charge in [0.25, 0.3) is 0 Å². The fourth-order valence-electron chi connectivity index (χ4n) is 2.95. The van der Waals surface area contributed by atoms with E-state index in [1.807, 2.05) is 54.6 Å². The molecule has 0 fully saturated rings. The molecule has 0 N–H and O–H groups in total. The lowest BCUT2D eigenvalue weighted by atomic mass is 10.2. The van der Waals surface area contributed by atoms with Gasteiger partial charge in [-0.15, -0.1) is 11.8 Å². The number of fused-ring (bicyclic) bond motifs is 1. The van der Waals surface area contributed by atoms with Crippen molar-refractivity contribution in [1.82, 2.24) is 9.88 Å². The van der Waals surface area contributed by atoms with E-state index >= 15 is 0 Å². The Bertz CT molecular complexity index is 1110. The van der Waals surface area contributed by atoms with Crippen LogP contribution < -0.4 is 4.74 Å². The molecule has 0 saturated heterocycles. The minimum atomic E-state index is -0.105.